The molecule has 0 radical (unpaired) electrons. The monoisotopic (exact) mass is 654 g/mol. The first-order valence-electron chi connectivity index (χ1n) is 15.8. The van der Waals surface area contributed by atoms with Crippen molar-refractivity contribution in [2.45, 2.75) is 63.8 Å². The summed E-state index contributed by atoms with van der Waals surface area (Å²) in [6.07, 6.45) is -0.500. The number of hydrogen-bond donors (Lipinski definition) is 0. The van der Waals surface area contributed by atoms with E-state index in [9.17, 15) is 31.5 Å². The Balaban J connectivity index is 1.18. The van der Waals surface area contributed by atoms with Crippen LogP contribution < -0.4 is 4.90 Å². The molecule has 7 rings (SSSR count). The first kappa shape index (κ1) is 31.5. The summed E-state index contributed by atoms with van der Waals surface area (Å²) in [6.45, 7) is 6.78. The van der Waals surface area contributed by atoms with Crippen LogP contribution in [0, 0.1) is 11.3 Å². The highest BCUT2D eigenvalue weighted by atomic mass is 19.4. The van der Waals surface area contributed by atoms with Gasteiger partial charge in [-0.1, -0.05) is 25.6 Å². The fourth-order valence-electron chi connectivity index (χ4n) is 8.33. The molecule has 8 nitrogen and oxygen atoms in total. The number of hydrogen-bond acceptors (Lipinski definition) is 5. The first-order chi connectivity index (χ1) is 22.2. The lowest BCUT2D eigenvalue weighted by Crippen LogP contribution is -2.59. The number of carbonyl (C=O) groups is 2. The molecule has 1 spiro atoms. The molecule has 2 aromatic carbocycles. The maximum Gasteiger partial charge on any atom is 0.416 e. The van der Waals surface area contributed by atoms with Crippen molar-refractivity contribution >= 4 is 17.5 Å². The van der Waals surface area contributed by atoms with Crippen LogP contribution in [0.2, 0.25) is 0 Å². The standard InChI is InChI=1S/C34H35F5N6O2/c1-4-28(46)43-17-32(18-43)8-9-42(16-32)21(3)22-10-25-26(27(11-22)34(37,38)39)15-44(29(25)47)24-7-5-6-23(12-24)33(13-20(2)14-33)30-41-40-19-45(30)31(35)36/h4-7,10-12,19-21,31H,1,8-9,13-18H2,2-3H3/t20?,21-,33?/m1/s1. The van der Waals surface area contributed by atoms with Gasteiger partial charge < -0.3 is 9.80 Å². The predicted molar refractivity (Wildman–Crippen MR) is 163 cm³/mol. The Hall–Kier alpha value is -4.13. The Labute approximate surface area is 268 Å². The molecule has 4 aliphatic rings. The van der Waals surface area contributed by atoms with Crippen molar-refractivity contribution in [3.63, 3.8) is 0 Å². The van der Waals surface area contributed by atoms with Crippen LogP contribution in [0.1, 0.15) is 84.1 Å². The van der Waals surface area contributed by atoms with Crippen molar-refractivity contribution in [1.82, 2.24) is 24.6 Å². The van der Waals surface area contributed by atoms with Gasteiger partial charge in [0, 0.05) is 42.3 Å². The molecule has 4 heterocycles. The molecule has 13 heteroatoms. The molecule has 3 aliphatic heterocycles. The number of benzene rings is 2. The number of likely N-dealkylation sites (tertiary alicyclic amines) is 2. The highest BCUT2D eigenvalue weighted by Gasteiger charge is 2.51. The van der Waals surface area contributed by atoms with Crippen molar-refractivity contribution in [2.75, 3.05) is 31.1 Å². The second-order valence-corrected chi connectivity index (χ2v) is 13.8. The number of alkyl halides is 5. The van der Waals surface area contributed by atoms with Crippen molar-refractivity contribution in [3.05, 3.63) is 89.0 Å². The van der Waals surface area contributed by atoms with Gasteiger partial charge in [0.15, 0.2) is 0 Å². The quantitative estimate of drug-likeness (QED) is 0.219. The summed E-state index contributed by atoms with van der Waals surface area (Å²) in [4.78, 5) is 31.1. The molecular formula is C34H35F5N6O2. The van der Waals surface area contributed by atoms with Gasteiger partial charge in [-0.05, 0) is 85.7 Å². The minimum atomic E-state index is -4.69. The highest BCUT2D eigenvalue weighted by molar-refractivity contribution is 6.10. The zero-order chi connectivity index (χ0) is 33.5. The van der Waals surface area contributed by atoms with E-state index in [4.69, 9.17) is 0 Å². The lowest BCUT2D eigenvalue weighted by Gasteiger charge is -2.48. The molecule has 47 heavy (non-hydrogen) atoms. The van der Waals surface area contributed by atoms with E-state index in [1.165, 1.54) is 11.0 Å². The van der Waals surface area contributed by atoms with E-state index < -0.39 is 29.6 Å². The zero-order valence-corrected chi connectivity index (χ0v) is 26.1. The van der Waals surface area contributed by atoms with Crippen molar-refractivity contribution in [2.24, 2.45) is 11.3 Å². The summed E-state index contributed by atoms with van der Waals surface area (Å²) >= 11 is 0. The molecule has 1 atom stereocenters. The number of fused-ring (bicyclic) bond motifs is 1. The van der Waals surface area contributed by atoms with Crippen LogP contribution in [-0.4, -0.2) is 62.6 Å². The molecule has 1 aromatic heterocycles. The van der Waals surface area contributed by atoms with Gasteiger partial charge in [-0.15, -0.1) is 10.2 Å². The molecule has 248 valence electrons. The number of aromatic nitrogens is 3. The molecule has 2 amide bonds. The number of amides is 2. The molecule has 1 aliphatic carbocycles. The van der Waals surface area contributed by atoms with E-state index in [2.05, 4.69) is 21.7 Å². The highest BCUT2D eigenvalue weighted by Crippen LogP contribution is 2.53. The van der Waals surface area contributed by atoms with Gasteiger partial charge in [-0.2, -0.15) is 22.0 Å². The molecule has 3 fully saturated rings. The van der Waals surface area contributed by atoms with E-state index in [0.29, 0.717) is 55.8 Å². The fourth-order valence-corrected chi connectivity index (χ4v) is 8.33. The summed E-state index contributed by atoms with van der Waals surface area (Å²) in [6, 6.07) is 9.20. The topological polar surface area (TPSA) is 74.6 Å². The maximum absolute atomic E-state index is 14.6. The molecule has 3 aromatic rings. The Morgan fingerprint density at radius 2 is 1.87 bits per heavy atom. The normalized spacial score (nSPS) is 24.4. The number of anilines is 1. The average molecular weight is 655 g/mol. The van der Waals surface area contributed by atoms with Crippen LogP contribution in [0.25, 0.3) is 0 Å². The first-order valence-corrected chi connectivity index (χ1v) is 15.8. The smallest absolute Gasteiger partial charge is 0.338 e. The Bertz CT molecular complexity index is 1760. The van der Waals surface area contributed by atoms with E-state index >= 15 is 0 Å². The number of carbonyl (C=O) groups excluding carboxylic acids is 2. The zero-order valence-electron chi connectivity index (χ0n) is 26.1. The van der Waals surface area contributed by atoms with E-state index in [-0.39, 0.29) is 46.8 Å². The predicted octanol–water partition coefficient (Wildman–Crippen LogP) is 6.35. The Morgan fingerprint density at radius 1 is 1.13 bits per heavy atom. The van der Waals surface area contributed by atoms with Crippen LogP contribution in [0.15, 0.2) is 55.4 Å². The minimum absolute atomic E-state index is 0.0109. The van der Waals surface area contributed by atoms with Crippen LogP contribution in [-0.2, 0) is 22.9 Å². The molecule has 0 N–H and O–H groups in total. The lowest BCUT2D eigenvalue weighted by atomic mass is 9.58. The second kappa shape index (κ2) is 11.0. The van der Waals surface area contributed by atoms with Crippen molar-refractivity contribution in [1.29, 1.82) is 0 Å². The fraction of sp³-hybridized carbons (Fsp3) is 0.471. The Kier molecular flexibility index (Phi) is 7.34. The second-order valence-electron chi connectivity index (χ2n) is 13.8. The average Bonchev–Trinajstić information content (AvgIpc) is 3.75. The molecule has 2 saturated heterocycles. The summed E-state index contributed by atoms with van der Waals surface area (Å²) < 4.78 is 72.1. The van der Waals surface area contributed by atoms with Gasteiger partial charge in [0.1, 0.15) is 12.2 Å². The molecular weight excluding hydrogens is 619 g/mol. The molecule has 1 saturated carbocycles. The molecule has 0 bridgehead atoms. The van der Waals surface area contributed by atoms with Crippen molar-refractivity contribution in [3.8, 4) is 0 Å². The van der Waals surface area contributed by atoms with Crippen molar-refractivity contribution < 1.29 is 31.5 Å². The summed E-state index contributed by atoms with van der Waals surface area (Å²) in [5.74, 6) is -0.309. The Morgan fingerprint density at radius 3 is 2.53 bits per heavy atom. The third-order valence-electron chi connectivity index (χ3n) is 10.7. The van der Waals surface area contributed by atoms with Gasteiger partial charge in [0.05, 0.1) is 17.5 Å². The third kappa shape index (κ3) is 5.04. The van der Waals surface area contributed by atoms with Gasteiger partial charge >= 0.3 is 12.7 Å². The van der Waals surface area contributed by atoms with E-state index in [1.54, 1.807) is 35.2 Å². The number of rotatable bonds is 7. The summed E-state index contributed by atoms with van der Waals surface area (Å²) in [5, 5.41) is 7.78. The van der Waals surface area contributed by atoms with E-state index in [1.807, 2.05) is 13.8 Å². The van der Waals surface area contributed by atoms with Crippen LogP contribution >= 0.6 is 0 Å². The number of halogens is 5. The number of nitrogens with zero attached hydrogens (tertiary/aromatic N) is 6. The SMILES string of the molecule is C=CC(=O)N1CC2(CCN([C@H](C)c3cc4c(c(C(F)(F)F)c3)CN(c3cccc(C5(c6nncn6C(F)F)CC(C)C5)c3)C4=O)C2)C1. The van der Waals surface area contributed by atoms with Crippen LogP contribution in [0.4, 0.5) is 27.6 Å². The van der Waals surface area contributed by atoms with Gasteiger partial charge in [-0.3, -0.25) is 19.1 Å². The summed E-state index contributed by atoms with van der Waals surface area (Å²) in [5.41, 5.74) is -0.403. The van der Waals surface area contributed by atoms with Gasteiger partial charge in [-0.25, -0.2) is 0 Å². The maximum atomic E-state index is 14.6. The largest absolute Gasteiger partial charge is 0.416 e. The third-order valence-corrected chi connectivity index (χ3v) is 10.7. The summed E-state index contributed by atoms with van der Waals surface area (Å²) in [7, 11) is 0. The van der Waals surface area contributed by atoms with Gasteiger partial charge in [0.2, 0.25) is 5.91 Å². The minimum Gasteiger partial charge on any atom is -0.338 e. The lowest BCUT2D eigenvalue weighted by molar-refractivity contribution is -0.138. The van der Waals surface area contributed by atoms with Gasteiger partial charge in [0.25, 0.3) is 5.91 Å². The van der Waals surface area contributed by atoms with Crippen LogP contribution in [0.3, 0.4) is 0 Å². The molecule has 0 unspecified atom stereocenters. The van der Waals surface area contributed by atoms with Crippen LogP contribution in [0.5, 0.6) is 0 Å². The van der Waals surface area contributed by atoms with E-state index in [0.717, 1.165) is 23.4 Å².